The van der Waals surface area contributed by atoms with Crippen LogP contribution in [0.15, 0.2) is 132 Å². The lowest BCUT2D eigenvalue weighted by molar-refractivity contribution is -0.0606. The molecule has 7 rings (SSSR count). The molecule has 6 aromatic rings. The van der Waals surface area contributed by atoms with Gasteiger partial charge >= 0.3 is 17.9 Å². The molecular weight excluding hydrogens is 670 g/mol. The molecule has 0 radical (unpaired) electrons. The third-order valence-corrected chi connectivity index (χ3v) is 8.15. The molecule has 4 aromatic carbocycles. The predicted molar refractivity (Wildman–Crippen MR) is 184 cm³/mol. The second kappa shape index (κ2) is 14.9. The minimum absolute atomic E-state index is 0.0482. The zero-order chi connectivity index (χ0) is 36.0. The van der Waals surface area contributed by atoms with Gasteiger partial charge in [-0.15, -0.1) is 0 Å². The number of hydrogen-bond donors (Lipinski definition) is 2. The summed E-state index contributed by atoms with van der Waals surface area (Å²) in [4.78, 5) is 77.3. The Kier molecular flexibility index (Phi) is 9.62. The summed E-state index contributed by atoms with van der Waals surface area (Å²) in [5.41, 5.74) is 0.156. The summed E-state index contributed by atoms with van der Waals surface area (Å²) in [6.07, 6.45) is -3.99. The number of H-pyrrole nitrogens is 1. The highest BCUT2D eigenvalue weighted by Crippen LogP contribution is 2.36. The van der Waals surface area contributed by atoms with E-state index in [4.69, 9.17) is 18.9 Å². The van der Waals surface area contributed by atoms with Crippen molar-refractivity contribution in [3.8, 4) is 0 Å². The zero-order valence-electron chi connectivity index (χ0n) is 27.2. The molecule has 14 nitrogen and oxygen atoms in total. The number of aromatic amines is 1. The number of hydrogen-bond acceptors (Lipinski definition) is 11. The van der Waals surface area contributed by atoms with E-state index in [0.717, 1.165) is 0 Å². The fraction of sp³-hybridized carbons (Fsp3) is 0.132. The molecule has 0 bridgehead atoms. The molecule has 260 valence electrons. The fourth-order valence-electron chi connectivity index (χ4n) is 5.62. The normalized spacial score (nSPS) is 18.0. The van der Waals surface area contributed by atoms with Crippen LogP contribution in [0.25, 0.3) is 11.2 Å². The Morgan fingerprint density at radius 2 is 1.19 bits per heavy atom. The Bertz CT molecular complexity index is 2280. The molecule has 2 N–H and O–H groups in total. The highest BCUT2D eigenvalue weighted by molar-refractivity contribution is 6.03. The summed E-state index contributed by atoms with van der Waals surface area (Å²) >= 11 is 0. The predicted octanol–water partition coefficient (Wildman–Crippen LogP) is 4.58. The fourth-order valence-corrected chi connectivity index (χ4v) is 5.62. The molecule has 1 aliphatic rings. The van der Waals surface area contributed by atoms with Gasteiger partial charge in [0, 0.05) is 5.56 Å². The SMILES string of the molecule is O=C(Nc1nc2c(ncn2C2OC(COC(=O)c3ccccc3)C(OC(=O)c3ccccc3)C2OC(=O)c2ccccc2)c(=O)[nH]1)c1ccccc1. The maximum absolute atomic E-state index is 13.6. The van der Waals surface area contributed by atoms with Crippen molar-refractivity contribution in [1.29, 1.82) is 0 Å². The van der Waals surface area contributed by atoms with Gasteiger partial charge in [-0.25, -0.2) is 19.4 Å². The molecule has 4 atom stereocenters. The van der Waals surface area contributed by atoms with E-state index >= 15 is 0 Å². The quantitative estimate of drug-likeness (QED) is 0.151. The number of nitrogens with zero attached hydrogens (tertiary/aromatic N) is 3. The number of amides is 1. The lowest BCUT2D eigenvalue weighted by Crippen LogP contribution is -2.41. The number of esters is 3. The van der Waals surface area contributed by atoms with Gasteiger partial charge in [-0.05, 0) is 48.5 Å². The standard InChI is InChI=1S/C38H29N5O9/c44-32(23-13-5-1-6-14-23)41-38-40-31-28(33(45)42-38)39-22-43(31)34-30(52-37(48)26-19-11-4-12-20-26)29(51-36(47)25-17-9-3-10-18-25)27(50-34)21-49-35(46)24-15-7-2-8-16-24/h1-20,22,27,29-30,34H,21H2,(H2,40,41,42,44,45). The summed E-state index contributed by atoms with van der Waals surface area (Å²) in [7, 11) is 0. The van der Waals surface area contributed by atoms with Crippen LogP contribution in [-0.2, 0) is 18.9 Å². The van der Waals surface area contributed by atoms with Crippen molar-refractivity contribution >= 4 is 40.9 Å². The summed E-state index contributed by atoms with van der Waals surface area (Å²) in [6, 6.07) is 32.9. The Morgan fingerprint density at radius 1 is 0.692 bits per heavy atom. The second-order valence-electron chi connectivity index (χ2n) is 11.6. The molecule has 1 fully saturated rings. The van der Waals surface area contributed by atoms with Gasteiger partial charge in [0.2, 0.25) is 5.95 Å². The Labute approximate surface area is 295 Å². The molecule has 1 aliphatic heterocycles. The van der Waals surface area contributed by atoms with Crippen molar-refractivity contribution in [2.75, 3.05) is 11.9 Å². The first-order valence-electron chi connectivity index (χ1n) is 16.1. The third-order valence-electron chi connectivity index (χ3n) is 8.15. The van der Waals surface area contributed by atoms with E-state index in [9.17, 15) is 24.0 Å². The van der Waals surface area contributed by atoms with E-state index in [-0.39, 0.29) is 33.8 Å². The number of rotatable bonds is 10. The van der Waals surface area contributed by atoms with Gasteiger partial charge in [0.05, 0.1) is 23.0 Å². The number of nitrogens with one attached hydrogen (secondary N) is 2. The number of imidazole rings is 1. The van der Waals surface area contributed by atoms with Crippen molar-refractivity contribution in [3.05, 3.63) is 160 Å². The number of benzene rings is 4. The summed E-state index contributed by atoms with van der Waals surface area (Å²) in [5.74, 6) is -2.92. The van der Waals surface area contributed by atoms with Crippen LogP contribution in [0, 0.1) is 0 Å². The maximum Gasteiger partial charge on any atom is 0.338 e. The van der Waals surface area contributed by atoms with E-state index in [1.54, 1.807) is 121 Å². The Hall–Kier alpha value is -6.93. The molecule has 1 saturated heterocycles. The van der Waals surface area contributed by atoms with Crippen LogP contribution < -0.4 is 10.9 Å². The van der Waals surface area contributed by atoms with Gasteiger partial charge in [-0.3, -0.25) is 24.5 Å². The van der Waals surface area contributed by atoms with E-state index in [0.29, 0.717) is 5.56 Å². The summed E-state index contributed by atoms with van der Waals surface area (Å²) < 4.78 is 25.3. The summed E-state index contributed by atoms with van der Waals surface area (Å²) in [5, 5.41) is 2.57. The minimum atomic E-state index is -1.39. The van der Waals surface area contributed by atoms with Gasteiger partial charge in [0.15, 0.2) is 29.6 Å². The zero-order valence-corrected chi connectivity index (χ0v) is 27.2. The van der Waals surface area contributed by atoms with E-state index in [1.165, 1.54) is 10.9 Å². The molecule has 0 aliphatic carbocycles. The number of carbonyl (C=O) groups is 4. The number of carbonyl (C=O) groups excluding carboxylic acids is 4. The van der Waals surface area contributed by atoms with Crippen LogP contribution in [0.1, 0.15) is 47.7 Å². The van der Waals surface area contributed by atoms with Crippen molar-refractivity contribution in [1.82, 2.24) is 19.5 Å². The lowest BCUT2D eigenvalue weighted by Gasteiger charge is -2.25. The maximum atomic E-state index is 13.6. The van der Waals surface area contributed by atoms with Gasteiger partial charge in [0.1, 0.15) is 12.7 Å². The second-order valence-corrected chi connectivity index (χ2v) is 11.6. The average molecular weight is 700 g/mol. The van der Waals surface area contributed by atoms with Gasteiger partial charge in [-0.1, -0.05) is 72.8 Å². The Balaban J connectivity index is 1.27. The van der Waals surface area contributed by atoms with Crippen molar-refractivity contribution in [2.24, 2.45) is 0 Å². The largest absolute Gasteiger partial charge is 0.459 e. The molecule has 4 unspecified atom stereocenters. The first kappa shape index (κ1) is 33.6. The molecule has 0 saturated carbocycles. The van der Waals surface area contributed by atoms with Crippen LogP contribution in [0.4, 0.5) is 5.95 Å². The number of ether oxygens (including phenoxy) is 4. The molecule has 2 aromatic heterocycles. The van der Waals surface area contributed by atoms with Crippen molar-refractivity contribution in [3.63, 3.8) is 0 Å². The highest BCUT2D eigenvalue weighted by Gasteiger charge is 2.52. The van der Waals surface area contributed by atoms with Crippen molar-refractivity contribution in [2.45, 2.75) is 24.5 Å². The Morgan fingerprint density at radius 3 is 1.75 bits per heavy atom. The smallest absolute Gasteiger partial charge is 0.338 e. The van der Waals surface area contributed by atoms with Gasteiger partial charge in [0.25, 0.3) is 11.5 Å². The van der Waals surface area contributed by atoms with Gasteiger partial charge < -0.3 is 18.9 Å². The molecule has 52 heavy (non-hydrogen) atoms. The van der Waals surface area contributed by atoms with Gasteiger partial charge in [-0.2, -0.15) is 4.98 Å². The molecular formula is C38H29N5O9. The molecule has 1 amide bonds. The highest BCUT2D eigenvalue weighted by atomic mass is 16.7. The van der Waals surface area contributed by atoms with E-state index in [1.807, 2.05) is 0 Å². The van der Waals surface area contributed by atoms with E-state index in [2.05, 4.69) is 20.3 Å². The number of aromatic nitrogens is 4. The monoisotopic (exact) mass is 699 g/mol. The first-order chi connectivity index (χ1) is 25.4. The number of anilines is 1. The van der Waals surface area contributed by atoms with Crippen molar-refractivity contribution < 1.29 is 38.1 Å². The lowest BCUT2D eigenvalue weighted by atomic mass is 10.1. The topological polar surface area (TPSA) is 181 Å². The minimum Gasteiger partial charge on any atom is -0.459 e. The van der Waals surface area contributed by atoms with E-state index < -0.39 is 60.5 Å². The molecule has 14 heteroatoms. The first-order valence-corrected chi connectivity index (χ1v) is 16.1. The van der Waals surface area contributed by atoms with Crippen LogP contribution in [-0.4, -0.2) is 68.3 Å². The van der Waals surface area contributed by atoms with Crippen LogP contribution in [0.2, 0.25) is 0 Å². The third kappa shape index (κ3) is 7.18. The van der Waals surface area contributed by atoms with Crippen LogP contribution in [0.5, 0.6) is 0 Å². The van der Waals surface area contributed by atoms with Crippen LogP contribution >= 0.6 is 0 Å². The average Bonchev–Trinajstić information content (AvgIpc) is 3.76. The summed E-state index contributed by atoms with van der Waals surface area (Å²) in [6.45, 7) is -0.421. The number of fused-ring (bicyclic) bond motifs is 1. The van der Waals surface area contributed by atoms with Crippen LogP contribution in [0.3, 0.4) is 0 Å². The molecule has 0 spiro atoms. The molecule has 3 heterocycles.